The minimum atomic E-state index is 0.753. The highest BCUT2D eigenvalue weighted by Crippen LogP contribution is 2.02. The Morgan fingerprint density at radius 2 is 1.94 bits per heavy atom. The number of hydrogen-bond acceptors (Lipinski definition) is 2. The summed E-state index contributed by atoms with van der Waals surface area (Å²) in [6.07, 6.45) is 1.09. The van der Waals surface area contributed by atoms with Crippen LogP contribution in [0.2, 0.25) is 0 Å². The van der Waals surface area contributed by atoms with Crippen LogP contribution in [0.1, 0.15) is 18.9 Å². The lowest BCUT2D eigenvalue weighted by Crippen LogP contribution is -2.36. The molecular weight excluding hydrogens is 242 g/mol. The number of nitrogens with one attached hydrogen (secondary N) is 2. The molecule has 1 aromatic carbocycles. The maximum atomic E-state index is 5.10. The lowest BCUT2D eigenvalue weighted by molar-refractivity contribution is 0.322. The SMILES string of the molecule is CCNC(=S)NCCCN(C)Cc1ccccc1. The van der Waals surface area contributed by atoms with Crippen molar-refractivity contribution in [2.75, 3.05) is 26.7 Å². The van der Waals surface area contributed by atoms with Gasteiger partial charge in [-0.15, -0.1) is 0 Å². The number of rotatable bonds is 7. The van der Waals surface area contributed by atoms with E-state index in [-0.39, 0.29) is 0 Å². The topological polar surface area (TPSA) is 27.3 Å². The molecule has 0 saturated carbocycles. The fraction of sp³-hybridized carbons (Fsp3) is 0.500. The van der Waals surface area contributed by atoms with Crippen LogP contribution in [0.4, 0.5) is 0 Å². The minimum Gasteiger partial charge on any atom is -0.363 e. The Kier molecular flexibility index (Phi) is 7.37. The zero-order valence-corrected chi connectivity index (χ0v) is 12.1. The summed E-state index contributed by atoms with van der Waals surface area (Å²) in [5.41, 5.74) is 1.36. The van der Waals surface area contributed by atoms with Crippen molar-refractivity contribution in [3.63, 3.8) is 0 Å². The lowest BCUT2D eigenvalue weighted by atomic mass is 10.2. The molecule has 1 rings (SSSR count). The van der Waals surface area contributed by atoms with Gasteiger partial charge in [-0.2, -0.15) is 0 Å². The van der Waals surface area contributed by atoms with E-state index >= 15 is 0 Å². The number of thiocarbonyl (C=S) groups is 1. The van der Waals surface area contributed by atoms with E-state index in [1.165, 1.54) is 5.56 Å². The second-order valence-corrected chi connectivity index (χ2v) is 4.77. The largest absolute Gasteiger partial charge is 0.363 e. The molecule has 0 aliphatic heterocycles. The van der Waals surface area contributed by atoms with Gasteiger partial charge in [0.2, 0.25) is 0 Å². The zero-order valence-electron chi connectivity index (χ0n) is 11.3. The van der Waals surface area contributed by atoms with Crippen molar-refractivity contribution >= 4 is 17.3 Å². The first kappa shape index (κ1) is 14.9. The molecule has 0 heterocycles. The van der Waals surface area contributed by atoms with Crippen LogP contribution < -0.4 is 10.6 Å². The van der Waals surface area contributed by atoms with E-state index in [9.17, 15) is 0 Å². The van der Waals surface area contributed by atoms with Gasteiger partial charge in [0.25, 0.3) is 0 Å². The Morgan fingerprint density at radius 3 is 2.61 bits per heavy atom. The van der Waals surface area contributed by atoms with Crippen LogP contribution in [0.5, 0.6) is 0 Å². The molecule has 100 valence electrons. The van der Waals surface area contributed by atoms with Crippen LogP contribution in [0, 0.1) is 0 Å². The summed E-state index contributed by atoms with van der Waals surface area (Å²) in [6, 6.07) is 10.5. The van der Waals surface area contributed by atoms with Gasteiger partial charge in [-0.3, -0.25) is 0 Å². The third-order valence-electron chi connectivity index (χ3n) is 2.63. The van der Waals surface area contributed by atoms with Gasteiger partial charge >= 0.3 is 0 Å². The van der Waals surface area contributed by atoms with Gasteiger partial charge in [-0.25, -0.2) is 0 Å². The number of benzene rings is 1. The predicted octanol–water partition coefficient (Wildman–Crippen LogP) is 1.99. The quantitative estimate of drug-likeness (QED) is 0.582. The standard InChI is InChI=1S/C14H23N3S/c1-3-15-14(18)16-10-7-11-17(2)12-13-8-5-4-6-9-13/h4-6,8-9H,3,7,10-12H2,1-2H3,(H2,15,16,18). The monoisotopic (exact) mass is 265 g/mol. The second kappa shape index (κ2) is 8.89. The van der Waals surface area contributed by atoms with Crippen LogP contribution in [0.3, 0.4) is 0 Å². The van der Waals surface area contributed by atoms with Crippen LogP contribution >= 0.6 is 12.2 Å². The lowest BCUT2D eigenvalue weighted by Gasteiger charge is -2.17. The molecule has 0 spiro atoms. The molecule has 0 radical (unpaired) electrons. The summed E-state index contributed by atoms with van der Waals surface area (Å²) in [5.74, 6) is 0. The average molecular weight is 265 g/mol. The molecule has 0 bridgehead atoms. The Morgan fingerprint density at radius 1 is 1.22 bits per heavy atom. The highest BCUT2D eigenvalue weighted by molar-refractivity contribution is 7.80. The minimum absolute atomic E-state index is 0.753. The Hall–Kier alpha value is -1.13. The first-order valence-electron chi connectivity index (χ1n) is 6.46. The molecule has 3 nitrogen and oxygen atoms in total. The van der Waals surface area contributed by atoms with Crippen molar-refractivity contribution in [1.29, 1.82) is 0 Å². The molecule has 2 N–H and O–H groups in total. The van der Waals surface area contributed by atoms with Gasteiger partial charge in [0, 0.05) is 19.6 Å². The van der Waals surface area contributed by atoms with E-state index in [0.717, 1.165) is 37.7 Å². The molecule has 18 heavy (non-hydrogen) atoms. The molecule has 0 unspecified atom stereocenters. The summed E-state index contributed by atoms with van der Waals surface area (Å²) in [7, 11) is 2.15. The maximum Gasteiger partial charge on any atom is 0.166 e. The summed E-state index contributed by atoms with van der Waals surface area (Å²) < 4.78 is 0. The van der Waals surface area contributed by atoms with E-state index in [1.807, 2.05) is 6.92 Å². The second-order valence-electron chi connectivity index (χ2n) is 4.36. The van der Waals surface area contributed by atoms with Gasteiger partial charge in [-0.1, -0.05) is 30.3 Å². The van der Waals surface area contributed by atoms with E-state index in [0.29, 0.717) is 0 Å². The van der Waals surface area contributed by atoms with Crippen molar-refractivity contribution in [2.24, 2.45) is 0 Å². The smallest absolute Gasteiger partial charge is 0.166 e. The fourth-order valence-corrected chi connectivity index (χ4v) is 1.99. The summed E-state index contributed by atoms with van der Waals surface area (Å²) in [6.45, 7) is 5.90. The summed E-state index contributed by atoms with van der Waals surface area (Å²) in [4.78, 5) is 2.33. The van der Waals surface area contributed by atoms with Gasteiger partial charge in [-0.05, 0) is 44.7 Å². The predicted molar refractivity (Wildman–Crippen MR) is 81.7 cm³/mol. The summed E-state index contributed by atoms with van der Waals surface area (Å²) in [5, 5.41) is 7.03. The Labute approximate surface area is 116 Å². The molecule has 0 amide bonds. The normalized spacial score (nSPS) is 10.4. The first-order valence-corrected chi connectivity index (χ1v) is 6.87. The molecule has 0 aromatic heterocycles. The van der Waals surface area contributed by atoms with Crippen molar-refractivity contribution in [1.82, 2.24) is 15.5 Å². The van der Waals surface area contributed by atoms with Crippen LogP contribution in [0.15, 0.2) is 30.3 Å². The van der Waals surface area contributed by atoms with E-state index in [4.69, 9.17) is 12.2 Å². The summed E-state index contributed by atoms with van der Waals surface area (Å²) >= 11 is 5.10. The molecule has 1 aromatic rings. The molecule has 0 aliphatic rings. The number of hydrogen-bond donors (Lipinski definition) is 2. The third-order valence-corrected chi connectivity index (χ3v) is 2.92. The fourth-order valence-electron chi connectivity index (χ4n) is 1.75. The number of nitrogens with zero attached hydrogens (tertiary/aromatic N) is 1. The highest BCUT2D eigenvalue weighted by atomic mass is 32.1. The van der Waals surface area contributed by atoms with E-state index < -0.39 is 0 Å². The van der Waals surface area contributed by atoms with Gasteiger partial charge in [0.1, 0.15) is 0 Å². The van der Waals surface area contributed by atoms with Crippen LogP contribution in [0.25, 0.3) is 0 Å². The molecule has 0 atom stereocenters. The van der Waals surface area contributed by atoms with E-state index in [2.05, 4.69) is 52.9 Å². The van der Waals surface area contributed by atoms with Crippen molar-refractivity contribution in [3.8, 4) is 0 Å². The van der Waals surface area contributed by atoms with Gasteiger partial charge in [0.05, 0.1) is 0 Å². The first-order chi connectivity index (χ1) is 8.72. The maximum absolute atomic E-state index is 5.10. The highest BCUT2D eigenvalue weighted by Gasteiger charge is 1.99. The van der Waals surface area contributed by atoms with Crippen molar-refractivity contribution in [2.45, 2.75) is 19.9 Å². The molecular formula is C14H23N3S. The molecule has 0 saturated heterocycles. The average Bonchev–Trinajstić information content (AvgIpc) is 2.36. The molecule has 0 aliphatic carbocycles. The van der Waals surface area contributed by atoms with Gasteiger partial charge < -0.3 is 15.5 Å². The zero-order chi connectivity index (χ0) is 13.2. The van der Waals surface area contributed by atoms with Crippen LogP contribution in [-0.2, 0) is 6.54 Å². The van der Waals surface area contributed by atoms with Crippen molar-refractivity contribution in [3.05, 3.63) is 35.9 Å². The molecule has 0 fully saturated rings. The third kappa shape index (κ3) is 6.57. The van der Waals surface area contributed by atoms with Crippen LogP contribution in [-0.4, -0.2) is 36.7 Å². The van der Waals surface area contributed by atoms with Gasteiger partial charge in [0.15, 0.2) is 5.11 Å². The Bertz CT molecular complexity index is 340. The molecule has 4 heteroatoms. The van der Waals surface area contributed by atoms with E-state index in [1.54, 1.807) is 0 Å². The van der Waals surface area contributed by atoms with Crippen molar-refractivity contribution < 1.29 is 0 Å². The Balaban J connectivity index is 2.10.